The largest absolute Gasteiger partial charge is 0.512 e. The number of aliphatic hydroxyl groups is 1. The van der Waals surface area contributed by atoms with Gasteiger partial charge in [0.25, 0.3) is 0 Å². The van der Waals surface area contributed by atoms with Gasteiger partial charge in [-0.15, -0.1) is 17.7 Å². The number of nitrogens with zero attached hydrogens (tertiary/aromatic N) is 1. The van der Waals surface area contributed by atoms with Gasteiger partial charge in [0.2, 0.25) is 0 Å². The van der Waals surface area contributed by atoms with Crippen LogP contribution in [-0.4, -0.2) is 22.1 Å². The number of pyridine rings is 1. The third kappa shape index (κ3) is 7.72. The Hall–Kier alpha value is -3.48. The summed E-state index contributed by atoms with van der Waals surface area (Å²) < 4.78 is 43.9. The van der Waals surface area contributed by atoms with Crippen LogP contribution < -0.4 is 0 Å². The van der Waals surface area contributed by atoms with E-state index in [-0.39, 0.29) is 44.1 Å². The zero-order valence-corrected chi connectivity index (χ0v) is 28.1. The number of carbonyl (C=O) groups excluding carboxylic acids is 1. The Bertz CT molecular complexity index is 1860. The number of aliphatic hydroxyl groups excluding tert-OH is 1. The number of halogens is 3. The second-order valence-corrected chi connectivity index (χ2v) is 12.4. The van der Waals surface area contributed by atoms with Crippen molar-refractivity contribution in [1.82, 2.24) is 4.98 Å². The van der Waals surface area contributed by atoms with Crippen molar-refractivity contribution in [3.63, 3.8) is 0 Å². The molecule has 5 aromatic rings. The van der Waals surface area contributed by atoms with E-state index < -0.39 is 12.6 Å². The predicted molar refractivity (Wildman–Crippen MR) is 172 cm³/mol. The monoisotopic (exact) mass is 805 g/mol. The third-order valence-electron chi connectivity index (χ3n) is 9.13. The SMILES string of the molecule is Cc1[c-]c(-c2nccc3cc(CCC(F)(F)F)ccc23)c2oc3ccccc3c2c1.O=C(/C=C(\O)C1CCCC1)C1CCCC1.[Ir]. The van der Waals surface area contributed by atoms with E-state index in [9.17, 15) is 23.1 Å². The molecule has 0 saturated heterocycles. The molecule has 7 rings (SSSR count). The van der Waals surface area contributed by atoms with Crippen molar-refractivity contribution in [2.45, 2.75) is 77.3 Å². The average Bonchev–Trinajstić information content (AvgIpc) is 3.81. The molecule has 0 bridgehead atoms. The molecule has 8 heteroatoms. The minimum atomic E-state index is -4.16. The van der Waals surface area contributed by atoms with Crippen LogP contribution in [0.2, 0.25) is 0 Å². The maximum absolute atomic E-state index is 12.6. The molecule has 2 aliphatic rings. The predicted octanol–water partition coefficient (Wildman–Crippen LogP) is 10.8. The van der Waals surface area contributed by atoms with E-state index in [0.717, 1.165) is 63.9 Å². The van der Waals surface area contributed by atoms with Gasteiger partial charge in [-0.2, -0.15) is 13.2 Å². The minimum absolute atomic E-state index is 0. The van der Waals surface area contributed by atoms with E-state index in [1.165, 1.54) is 31.8 Å². The molecule has 1 N–H and O–H groups in total. The van der Waals surface area contributed by atoms with E-state index in [1.807, 2.05) is 49.4 Å². The molecule has 243 valence electrons. The summed E-state index contributed by atoms with van der Waals surface area (Å²) in [5.41, 5.74) is 4.59. The number of alkyl halides is 3. The number of hydrogen-bond donors (Lipinski definition) is 1. The first-order valence-electron chi connectivity index (χ1n) is 15.9. The zero-order chi connectivity index (χ0) is 31.6. The number of benzene rings is 3. The smallest absolute Gasteiger partial charge is 0.389 e. The Morgan fingerprint density at radius 1 is 0.957 bits per heavy atom. The Labute approximate surface area is 280 Å². The van der Waals surface area contributed by atoms with Gasteiger partial charge < -0.3 is 14.5 Å². The molecule has 2 aromatic heterocycles. The van der Waals surface area contributed by atoms with Crippen molar-refractivity contribution < 1.29 is 47.6 Å². The van der Waals surface area contributed by atoms with E-state index in [2.05, 4.69) is 11.1 Å². The van der Waals surface area contributed by atoms with Crippen LogP contribution in [0.4, 0.5) is 13.2 Å². The summed E-state index contributed by atoms with van der Waals surface area (Å²) in [5.74, 6) is 0.991. The van der Waals surface area contributed by atoms with Crippen LogP contribution in [0.15, 0.2) is 77.0 Å². The number of carbonyl (C=O) groups is 1. The number of furan rings is 1. The topological polar surface area (TPSA) is 63.3 Å². The van der Waals surface area contributed by atoms with Crippen LogP contribution >= 0.6 is 0 Å². The molecule has 0 unspecified atom stereocenters. The fraction of sp³-hybridized carbons (Fsp3) is 0.368. The fourth-order valence-electron chi connectivity index (χ4n) is 6.75. The Morgan fingerprint density at radius 2 is 1.65 bits per heavy atom. The second-order valence-electron chi connectivity index (χ2n) is 12.4. The van der Waals surface area contributed by atoms with Gasteiger partial charge in [-0.1, -0.05) is 80.0 Å². The van der Waals surface area contributed by atoms with Gasteiger partial charge in [0.05, 0.1) is 11.3 Å². The number of para-hydroxylation sites is 1. The third-order valence-corrected chi connectivity index (χ3v) is 9.13. The van der Waals surface area contributed by atoms with Crippen molar-refractivity contribution in [3.05, 3.63) is 89.8 Å². The molecular formula is C38H37F3IrNO3-. The zero-order valence-electron chi connectivity index (χ0n) is 25.8. The number of rotatable bonds is 6. The standard InChI is InChI=1S/C25H17F3NO.C13H20O2.Ir/c1-15-12-20-19-4-2-3-5-22(19)30-24(20)21(13-15)23-18-7-6-16(8-10-25(26,27)28)14-17(18)9-11-29-23;14-12(10-5-1-2-6-10)9-13(15)11-7-3-4-8-11;/h2-7,9,11-12,14H,8,10H2,1H3;9-11,14H,1-8H2;/q-1;;/b;12-9-;. The molecule has 4 nitrogen and oxygen atoms in total. The van der Waals surface area contributed by atoms with Gasteiger partial charge in [-0.05, 0) is 66.3 Å². The van der Waals surface area contributed by atoms with Crippen molar-refractivity contribution in [1.29, 1.82) is 0 Å². The summed E-state index contributed by atoms with van der Waals surface area (Å²) in [6.07, 6.45) is 7.05. The first-order chi connectivity index (χ1) is 21.7. The van der Waals surface area contributed by atoms with Crippen LogP contribution in [0.1, 0.15) is 68.9 Å². The molecule has 3 aromatic carbocycles. The molecular weight excluding hydrogens is 768 g/mol. The van der Waals surface area contributed by atoms with Crippen LogP contribution in [0.5, 0.6) is 0 Å². The first kappa shape index (κ1) is 33.9. The summed E-state index contributed by atoms with van der Waals surface area (Å²) >= 11 is 0. The molecule has 2 aliphatic carbocycles. The van der Waals surface area contributed by atoms with Crippen molar-refractivity contribution in [2.24, 2.45) is 11.8 Å². The number of fused-ring (bicyclic) bond motifs is 4. The van der Waals surface area contributed by atoms with E-state index in [1.54, 1.807) is 18.3 Å². The van der Waals surface area contributed by atoms with Gasteiger partial charge in [0.1, 0.15) is 5.58 Å². The quantitative estimate of drug-likeness (QED) is 0.105. The second kappa shape index (κ2) is 14.5. The molecule has 46 heavy (non-hydrogen) atoms. The molecule has 1 radical (unpaired) electrons. The minimum Gasteiger partial charge on any atom is -0.512 e. The van der Waals surface area contributed by atoms with E-state index in [4.69, 9.17) is 4.42 Å². The van der Waals surface area contributed by atoms with Crippen LogP contribution in [0, 0.1) is 24.8 Å². The number of aryl methyl sites for hydroxylation is 2. The maximum atomic E-state index is 12.6. The Balaban J connectivity index is 0.000000220. The summed E-state index contributed by atoms with van der Waals surface area (Å²) in [6.45, 7) is 1.98. The fourth-order valence-corrected chi connectivity index (χ4v) is 6.75. The van der Waals surface area contributed by atoms with E-state index in [0.29, 0.717) is 22.6 Å². The van der Waals surface area contributed by atoms with Gasteiger partial charge in [0, 0.05) is 56.0 Å². The summed E-state index contributed by atoms with van der Waals surface area (Å²) in [7, 11) is 0. The Morgan fingerprint density at radius 3 is 2.37 bits per heavy atom. The molecule has 0 aliphatic heterocycles. The Kier molecular flexibility index (Phi) is 10.7. The first-order valence-corrected chi connectivity index (χ1v) is 15.9. The summed E-state index contributed by atoms with van der Waals surface area (Å²) in [4.78, 5) is 16.4. The molecule has 0 atom stereocenters. The van der Waals surface area contributed by atoms with Gasteiger partial charge in [-0.25, -0.2) is 0 Å². The molecule has 2 saturated carbocycles. The van der Waals surface area contributed by atoms with Crippen LogP contribution in [-0.2, 0) is 31.3 Å². The van der Waals surface area contributed by atoms with Crippen LogP contribution in [0.25, 0.3) is 44.0 Å². The normalized spacial score (nSPS) is 16.1. The number of ketones is 1. The average molecular weight is 805 g/mol. The summed E-state index contributed by atoms with van der Waals surface area (Å²) in [5, 5.41) is 13.6. The van der Waals surface area contributed by atoms with Crippen molar-refractivity contribution in [3.8, 4) is 11.3 Å². The van der Waals surface area contributed by atoms with Gasteiger partial charge in [-0.3, -0.25) is 4.79 Å². The molecule has 0 amide bonds. The molecule has 2 heterocycles. The number of aromatic nitrogens is 1. The number of hydrogen-bond acceptors (Lipinski definition) is 4. The van der Waals surface area contributed by atoms with Gasteiger partial charge >= 0.3 is 6.18 Å². The molecule has 2 fully saturated rings. The summed E-state index contributed by atoms with van der Waals surface area (Å²) in [6, 6.07) is 20.5. The molecule has 0 spiro atoms. The van der Waals surface area contributed by atoms with E-state index >= 15 is 0 Å². The van der Waals surface area contributed by atoms with Crippen molar-refractivity contribution >= 4 is 38.5 Å². The van der Waals surface area contributed by atoms with Crippen LogP contribution in [0.3, 0.4) is 0 Å². The van der Waals surface area contributed by atoms with Gasteiger partial charge in [0.15, 0.2) is 5.78 Å². The maximum Gasteiger partial charge on any atom is 0.389 e. The van der Waals surface area contributed by atoms with Crippen molar-refractivity contribution in [2.75, 3.05) is 0 Å². The number of allylic oxidation sites excluding steroid dienone is 2.